The molecule has 1 heterocycles. The van der Waals surface area contributed by atoms with Crippen molar-refractivity contribution in [1.29, 1.82) is 0 Å². The first-order chi connectivity index (χ1) is 12.0. The lowest BCUT2D eigenvalue weighted by Gasteiger charge is -2.38. The van der Waals surface area contributed by atoms with Crippen LogP contribution in [0.3, 0.4) is 0 Å². The molecule has 0 aliphatic carbocycles. The minimum Gasteiger partial charge on any atom is -0.494 e. The number of hydrogen-bond donors (Lipinski definition) is 2. The van der Waals surface area contributed by atoms with Crippen LogP contribution in [0.25, 0.3) is 0 Å². The Balaban J connectivity index is 1.71. The van der Waals surface area contributed by atoms with Crippen LogP contribution in [0.15, 0.2) is 48.5 Å². The molecule has 0 radical (unpaired) electrons. The molecule has 4 nitrogen and oxygen atoms in total. The number of anilines is 1. The number of nitrogens with one attached hydrogen (secondary N) is 2. The van der Waals surface area contributed by atoms with Gasteiger partial charge in [0.2, 0.25) is 0 Å². The maximum absolute atomic E-state index is 6.07. The number of para-hydroxylation sites is 1. The van der Waals surface area contributed by atoms with E-state index < -0.39 is 0 Å². The van der Waals surface area contributed by atoms with Crippen LogP contribution in [0.2, 0.25) is 0 Å². The molecule has 0 aromatic heterocycles. The van der Waals surface area contributed by atoms with Crippen LogP contribution in [0.1, 0.15) is 38.8 Å². The lowest BCUT2D eigenvalue weighted by Crippen LogP contribution is -2.42. The first-order valence-corrected chi connectivity index (χ1v) is 8.96. The fourth-order valence-corrected chi connectivity index (χ4v) is 3.35. The van der Waals surface area contributed by atoms with Crippen molar-refractivity contribution in [3.63, 3.8) is 0 Å². The molecule has 3 rings (SSSR count). The van der Waals surface area contributed by atoms with E-state index in [1.54, 1.807) is 0 Å². The lowest BCUT2D eigenvalue weighted by molar-refractivity contribution is 0.0697. The SMILES string of the molecule is CCOc1cccc(NC(=S)NC2CC(C)(C)Oc3ccccc32)c1. The van der Waals surface area contributed by atoms with Crippen LogP contribution in [-0.2, 0) is 0 Å². The lowest BCUT2D eigenvalue weighted by atomic mass is 9.90. The first kappa shape index (κ1) is 17.5. The third-order valence-corrected chi connectivity index (χ3v) is 4.30. The van der Waals surface area contributed by atoms with Gasteiger partial charge in [-0.05, 0) is 51.2 Å². The summed E-state index contributed by atoms with van der Waals surface area (Å²) in [5.41, 5.74) is 1.80. The smallest absolute Gasteiger partial charge is 0.171 e. The van der Waals surface area contributed by atoms with Crippen molar-refractivity contribution < 1.29 is 9.47 Å². The molecule has 0 saturated heterocycles. The Morgan fingerprint density at radius 2 is 2.04 bits per heavy atom. The summed E-state index contributed by atoms with van der Waals surface area (Å²) in [6.07, 6.45) is 0.838. The van der Waals surface area contributed by atoms with Crippen molar-refractivity contribution >= 4 is 23.0 Å². The summed E-state index contributed by atoms with van der Waals surface area (Å²) in [4.78, 5) is 0. The number of ether oxygens (including phenoxy) is 2. The highest BCUT2D eigenvalue weighted by Crippen LogP contribution is 2.39. The second kappa shape index (κ2) is 7.31. The molecule has 0 amide bonds. The molecule has 1 aliphatic heterocycles. The fourth-order valence-electron chi connectivity index (χ4n) is 3.09. The van der Waals surface area contributed by atoms with Crippen molar-refractivity contribution in [2.24, 2.45) is 0 Å². The fraction of sp³-hybridized carbons (Fsp3) is 0.350. The maximum atomic E-state index is 6.07. The Labute approximate surface area is 154 Å². The molecule has 1 unspecified atom stereocenters. The van der Waals surface area contributed by atoms with E-state index in [1.165, 1.54) is 0 Å². The summed E-state index contributed by atoms with van der Waals surface area (Å²) in [5.74, 6) is 1.74. The maximum Gasteiger partial charge on any atom is 0.171 e. The van der Waals surface area contributed by atoms with E-state index in [-0.39, 0.29) is 11.6 Å². The van der Waals surface area contributed by atoms with Gasteiger partial charge in [0.1, 0.15) is 17.1 Å². The molecular weight excluding hydrogens is 332 g/mol. The van der Waals surface area contributed by atoms with Crippen LogP contribution in [0.5, 0.6) is 11.5 Å². The van der Waals surface area contributed by atoms with Crippen molar-refractivity contribution in [1.82, 2.24) is 5.32 Å². The third-order valence-electron chi connectivity index (χ3n) is 4.08. The number of hydrogen-bond acceptors (Lipinski definition) is 3. The molecular formula is C20H24N2O2S. The minimum atomic E-state index is -0.240. The van der Waals surface area contributed by atoms with E-state index >= 15 is 0 Å². The van der Waals surface area contributed by atoms with Crippen LogP contribution in [0.4, 0.5) is 5.69 Å². The van der Waals surface area contributed by atoms with Crippen LogP contribution < -0.4 is 20.1 Å². The van der Waals surface area contributed by atoms with Gasteiger partial charge in [-0.15, -0.1) is 0 Å². The second-order valence-electron chi connectivity index (χ2n) is 6.72. The average molecular weight is 356 g/mol. The predicted octanol–water partition coefficient (Wildman–Crippen LogP) is 4.67. The highest BCUT2D eigenvalue weighted by atomic mass is 32.1. The Hall–Kier alpha value is -2.27. The van der Waals surface area contributed by atoms with E-state index in [1.807, 2.05) is 49.4 Å². The molecule has 1 aliphatic rings. The summed E-state index contributed by atoms with van der Waals surface area (Å²) < 4.78 is 11.6. The third kappa shape index (κ3) is 4.42. The number of thiocarbonyl (C=S) groups is 1. The standard InChI is InChI=1S/C20H24N2O2S/c1-4-23-15-9-7-8-14(12-15)21-19(25)22-17-13-20(2,3)24-18-11-6-5-10-16(17)18/h5-12,17H,4,13H2,1-3H3,(H2,21,22,25). The van der Waals surface area contributed by atoms with Crippen molar-refractivity contribution in [3.8, 4) is 11.5 Å². The number of fused-ring (bicyclic) bond motifs is 1. The van der Waals surface area contributed by atoms with Gasteiger partial charge in [0.15, 0.2) is 5.11 Å². The molecule has 2 aromatic carbocycles. The molecule has 1 atom stereocenters. The Morgan fingerprint density at radius 1 is 1.24 bits per heavy atom. The Bertz CT molecular complexity index is 761. The minimum absolute atomic E-state index is 0.107. The second-order valence-corrected chi connectivity index (χ2v) is 7.12. The Morgan fingerprint density at radius 3 is 2.84 bits per heavy atom. The van der Waals surface area contributed by atoms with Crippen LogP contribution in [0, 0.1) is 0 Å². The van der Waals surface area contributed by atoms with Gasteiger partial charge in [0.05, 0.1) is 12.6 Å². The van der Waals surface area contributed by atoms with E-state index in [0.717, 1.165) is 29.2 Å². The first-order valence-electron chi connectivity index (χ1n) is 8.55. The van der Waals surface area contributed by atoms with E-state index in [0.29, 0.717) is 11.7 Å². The zero-order valence-electron chi connectivity index (χ0n) is 14.8. The quantitative estimate of drug-likeness (QED) is 0.779. The number of rotatable bonds is 4. The summed E-state index contributed by atoms with van der Waals surface area (Å²) in [7, 11) is 0. The van der Waals surface area contributed by atoms with Crippen molar-refractivity contribution in [3.05, 3.63) is 54.1 Å². The largest absolute Gasteiger partial charge is 0.494 e. The van der Waals surface area contributed by atoms with E-state index in [4.69, 9.17) is 21.7 Å². The van der Waals surface area contributed by atoms with Gasteiger partial charge in [-0.1, -0.05) is 24.3 Å². The van der Waals surface area contributed by atoms with Crippen molar-refractivity contribution in [2.75, 3.05) is 11.9 Å². The van der Waals surface area contributed by atoms with Gasteiger partial charge < -0.3 is 20.1 Å². The van der Waals surface area contributed by atoms with Gasteiger partial charge in [0, 0.05) is 23.7 Å². The molecule has 0 saturated carbocycles. The molecule has 25 heavy (non-hydrogen) atoms. The van der Waals surface area contributed by atoms with E-state index in [2.05, 4.69) is 30.5 Å². The molecule has 132 valence electrons. The molecule has 0 spiro atoms. The molecule has 2 aromatic rings. The van der Waals surface area contributed by atoms with Gasteiger partial charge in [-0.2, -0.15) is 0 Å². The zero-order chi connectivity index (χ0) is 17.9. The summed E-state index contributed by atoms with van der Waals surface area (Å²) in [6.45, 7) is 6.80. The molecule has 0 fully saturated rings. The van der Waals surface area contributed by atoms with Gasteiger partial charge >= 0.3 is 0 Å². The normalized spacial score (nSPS) is 17.8. The van der Waals surface area contributed by atoms with Gasteiger partial charge in [-0.25, -0.2) is 0 Å². The van der Waals surface area contributed by atoms with Gasteiger partial charge in [-0.3, -0.25) is 0 Å². The zero-order valence-corrected chi connectivity index (χ0v) is 15.7. The predicted molar refractivity (Wildman–Crippen MR) is 105 cm³/mol. The summed E-state index contributed by atoms with van der Waals surface area (Å²) in [6, 6.07) is 16.0. The summed E-state index contributed by atoms with van der Waals surface area (Å²) in [5, 5.41) is 7.26. The van der Waals surface area contributed by atoms with Crippen molar-refractivity contribution in [2.45, 2.75) is 38.8 Å². The molecule has 0 bridgehead atoms. The number of benzene rings is 2. The monoisotopic (exact) mass is 356 g/mol. The Kier molecular flexibility index (Phi) is 5.13. The topological polar surface area (TPSA) is 42.5 Å². The average Bonchev–Trinajstić information content (AvgIpc) is 2.54. The van der Waals surface area contributed by atoms with Crippen LogP contribution in [-0.4, -0.2) is 17.3 Å². The molecule has 2 N–H and O–H groups in total. The highest BCUT2D eigenvalue weighted by molar-refractivity contribution is 7.80. The van der Waals surface area contributed by atoms with E-state index in [9.17, 15) is 0 Å². The summed E-state index contributed by atoms with van der Waals surface area (Å²) >= 11 is 5.52. The van der Waals surface area contributed by atoms with Crippen LogP contribution >= 0.6 is 12.2 Å². The van der Waals surface area contributed by atoms with Gasteiger partial charge in [0.25, 0.3) is 0 Å². The highest BCUT2D eigenvalue weighted by Gasteiger charge is 2.33. The molecule has 5 heteroatoms.